The van der Waals surface area contributed by atoms with Gasteiger partial charge in [0.1, 0.15) is 11.2 Å². The number of hydrogen-bond donors (Lipinski definition) is 0. The average molecular weight is 298 g/mol. The molecule has 0 atom stereocenters. The summed E-state index contributed by atoms with van der Waals surface area (Å²) in [6, 6.07) is 3.91. The monoisotopic (exact) mass is 298 g/mol. The van der Waals surface area contributed by atoms with Crippen LogP contribution in [-0.4, -0.2) is 0 Å². The summed E-state index contributed by atoms with van der Waals surface area (Å²) in [7, 11) is 0. The van der Waals surface area contributed by atoms with Crippen LogP contribution in [0.25, 0.3) is 21.9 Å². The zero-order valence-electron chi connectivity index (χ0n) is 13.5. The second kappa shape index (κ2) is 5.99. The highest BCUT2D eigenvalue weighted by molar-refractivity contribution is 5.96. The normalized spacial score (nSPS) is 11.6. The molecule has 0 spiro atoms. The van der Waals surface area contributed by atoms with Gasteiger partial charge >= 0.3 is 5.63 Å². The summed E-state index contributed by atoms with van der Waals surface area (Å²) < 4.78 is 11.0. The lowest BCUT2D eigenvalue weighted by Crippen LogP contribution is -2.10. The Morgan fingerprint density at radius 3 is 2.59 bits per heavy atom. The number of furan rings is 1. The van der Waals surface area contributed by atoms with Gasteiger partial charge in [0, 0.05) is 22.4 Å². The van der Waals surface area contributed by atoms with E-state index in [9.17, 15) is 4.79 Å². The van der Waals surface area contributed by atoms with E-state index >= 15 is 0 Å². The second-order valence-corrected chi connectivity index (χ2v) is 6.07. The Labute approximate surface area is 129 Å². The van der Waals surface area contributed by atoms with Crippen molar-refractivity contribution in [1.82, 2.24) is 0 Å². The minimum atomic E-state index is -0.205. The van der Waals surface area contributed by atoms with Crippen molar-refractivity contribution in [2.24, 2.45) is 0 Å². The molecule has 0 bridgehead atoms. The molecular weight excluding hydrogens is 276 g/mol. The van der Waals surface area contributed by atoms with Gasteiger partial charge in [-0.05, 0) is 43.9 Å². The van der Waals surface area contributed by atoms with Crippen molar-refractivity contribution in [3.63, 3.8) is 0 Å². The van der Waals surface area contributed by atoms with Crippen LogP contribution in [0.5, 0.6) is 0 Å². The summed E-state index contributed by atoms with van der Waals surface area (Å²) in [4.78, 5) is 12.3. The van der Waals surface area contributed by atoms with Crippen LogP contribution in [-0.2, 0) is 6.42 Å². The Balaban J connectivity index is 2.08. The van der Waals surface area contributed by atoms with E-state index in [0.717, 1.165) is 52.3 Å². The maximum atomic E-state index is 12.3. The number of fused-ring (bicyclic) bond motifs is 2. The van der Waals surface area contributed by atoms with E-state index in [4.69, 9.17) is 8.83 Å². The largest absolute Gasteiger partial charge is 0.464 e. The zero-order valence-corrected chi connectivity index (χ0v) is 13.5. The van der Waals surface area contributed by atoms with Crippen LogP contribution in [0, 0.1) is 13.8 Å². The van der Waals surface area contributed by atoms with Crippen molar-refractivity contribution in [2.75, 3.05) is 0 Å². The van der Waals surface area contributed by atoms with Gasteiger partial charge in [-0.15, -0.1) is 0 Å². The Morgan fingerprint density at radius 1 is 1.00 bits per heavy atom. The van der Waals surface area contributed by atoms with E-state index in [1.807, 2.05) is 19.9 Å². The molecular formula is C19H22O3. The SMILES string of the molecule is CCCCCCc1c(C)c2cc3c(C)coc3cc2oc1=O. The number of benzene rings is 1. The van der Waals surface area contributed by atoms with E-state index in [1.165, 1.54) is 12.8 Å². The summed E-state index contributed by atoms with van der Waals surface area (Å²) >= 11 is 0. The summed E-state index contributed by atoms with van der Waals surface area (Å²) in [6.45, 7) is 6.24. The minimum absolute atomic E-state index is 0.205. The highest BCUT2D eigenvalue weighted by Crippen LogP contribution is 2.29. The molecule has 0 saturated heterocycles. The molecule has 22 heavy (non-hydrogen) atoms. The molecule has 0 fully saturated rings. The molecule has 3 aromatic rings. The van der Waals surface area contributed by atoms with E-state index < -0.39 is 0 Å². The molecule has 0 amide bonds. The van der Waals surface area contributed by atoms with Gasteiger partial charge in [-0.1, -0.05) is 26.2 Å². The van der Waals surface area contributed by atoms with Crippen LogP contribution >= 0.6 is 0 Å². The van der Waals surface area contributed by atoms with Crippen molar-refractivity contribution in [2.45, 2.75) is 52.9 Å². The van der Waals surface area contributed by atoms with Gasteiger partial charge in [-0.3, -0.25) is 0 Å². The Hall–Kier alpha value is -2.03. The fraction of sp³-hybridized carbons (Fsp3) is 0.421. The molecule has 2 heterocycles. The third-order valence-corrected chi connectivity index (χ3v) is 4.46. The molecule has 0 aliphatic heterocycles. The number of rotatable bonds is 5. The third kappa shape index (κ3) is 2.56. The summed E-state index contributed by atoms with van der Waals surface area (Å²) in [6.07, 6.45) is 7.15. The first-order chi connectivity index (χ1) is 10.6. The van der Waals surface area contributed by atoms with E-state index in [1.54, 1.807) is 6.26 Å². The maximum Gasteiger partial charge on any atom is 0.339 e. The fourth-order valence-electron chi connectivity index (χ4n) is 3.05. The molecule has 0 N–H and O–H groups in total. The standard InChI is InChI=1S/C19H22O3/c1-4-5-6-7-8-14-13(3)16-9-15-12(2)11-21-17(15)10-18(16)22-19(14)20/h9-11H,4-8H2,1-3H3. The van der Waals surface area contributed by atoms with Gasteiger partial charge in [0.2, 0.25) is 0 Å². The van der Waals surface area contributed by atoms with E-state index in [-0.39, 0.29) is 5.63 Å². The van der Waals surface area contributed by atoms with Crippen molar-refractivity contribution < 1.29 is 8.83 Å². The number of aryl methyl sites for hydroxylation is 2. The summed E-state index contributed by atoms with van der Waals surface area (Å²) in [5.41, 5.74) is 4.15. The molecule has 3 rings (SSSR count). The maximum absolute atomic E-state index is 12.3. The molecule has 3 heteroatoms. The minimum Gasteiger partial charge on any atom is -0.464 e. The average Bonchev–Trinajstić information content (AvgIpc) is 2.85. The fourth-order valence-corrected chi connectivity index (χ4v) is 3.05. The van der Waals surface area contributed by atoms with Crippen LogP contribution in [0.4, 0.5) is 0 Å². The van der Waals surface area contributed by atoms with Gasteiger partial charge < -0.3 is 8.83 Å². The molecule has 0 aliphatic carbocycles. The smallest absolute Gasteiger partial charge is 0.339 e. The Bertz CT molecular complexity index is 868. The highest BCUT2D eigenvalue weighted by Gasteiger charge is 2.13. The molecule has 0 radical (unpaired) electrons. The molecule has 2 aromatic heterocycles. The first-order valence-electron chi connectivity index (χ1n) is 8.06. The first-order valence-corrected chi connectivity index (χ1v) is 8.06. The van der Waals surface area contributed by atoms with E-state index in [2.05, 4.69) is 13.0 Å². The van der Waals surface area contributed by atoms with Gasteiger partial charge in [-0.2, -0.15) is 0 Å². The molecule has 0 saturated carbocycles. The lowest BCUT2D eigenvalue weighted by atomic mass is 9.99. The van der Waals surface area contributed by atoms with Crippen molar-refractivity contribution in [3.05, 3.63) is 45.5 Å². The van der Waals surface area contributed by atoms with Crippen LogP contribution in [0.15, 0.2) is 32.0 Å². The Morgan fingerprint density at radius 2 is 1.82 bits per heavy atom. The highest BCUT2D eigenvalue weighted by atomic mass is 16.4. The quantitative estimate of drug-likeness (QED) is 0.475. The van der Waals surface area contributed by atoms with Crippen molar-refractivity contribution in [3.8, 4) is 0 Å². The number of unbranched alkanes of at least 4 members (excludes halogenated alkanes) is 3. The molecule has 0 aliphatic rings. The predicted molar refractivity (Wildman–Crippen MR) is 89.6 cm³/mol. The topological polar surface area (TPSA) is 43.4 Å². The Kier molecular flexibility index (Phi) is 4.06. The van der Waals surface area contributed by atoms with Crippen molar-refractivity contribution in [1.29, 1.82) is 0 Å². The lowest BCUT2D eigenvalue weighted by molar-refractivity contribution is 0.541. The van der Waals surface area contributed by atoms with Gasteiger partial charge in [0.05, 0.1) is 6.26 Å². The molecule has 3 nitrogen and oxygen atoms in total. The second-order valence-electron chi connectivity index (χ2n) is 6.07. The molecule has 1 aromatic carbocycles. The molecule has 116 valence electrons. The number of hydrogen-bond acceptors (Lipinski definition) is 3. The third-order valence-electron chi connectivity index (χ3n) is 4.46. The van der Waals surface area contributed by atoms with Gasteiger partial charge in [0.25, 0.3) is 0 Å². The zero-order chi connectivity index (χ0) is 15.7. The van der Waals surface area contributed by atoms with Gasteiger partial charge in [-0.25, -0.2) is 4.79 Å². The van der Waals surface area contributed by atoms with Crippen LogP contribution in [0.3, 0.4) is 0 Å². The summed E-state index contributed by atoms with van der Waals surface area (Å²) in [5, 5.41) is 2.10. The molecule has 0 unspecified atom stereocenters. The predicted octanol–water partition coefficient (Wildman–Crippen LogP) is 5.28. The van der Waals surface area contributed by atoms with Crippen LogP contribution in [0.2, 0.25) is 0 Å². The van der Waals surface area contributed by atoms with Crippen LogP contribution < -0.4 is 5.63 Å². The first kappa shape index (κ1) is 14.9. The van der Waals surface area contributed by atoms with Crippen molar-refractivity contribution >= 4 is 21.9 Å². The van der Waals surface area contributed by atoms with Gasteiger partial charge in [0.15, 0.2) is 0 Å². The van der Waals surface area contributed by atoms with E-state index in [0.29, 0.717) is 5.58 Å². The van der Waals surface area contributed by atoms with Crippen LogP contribution in [0.1, 0.15) is 49.3 Å². The summed E-state index contributed by atoms with van der Waals surface area (Å²) in [5.74, 6) is 0. The lowest BCUT2D eigenvalue weighted by Gasteiger charge is -2.08.